The molecule has 28 heavy (non-hydrogen) atoms. The summed E-state index contributed by atoms with van der Waals surface area (Å²) in [5, 5.41) is 22.1. The molecule has 0 aromatic carbocycles. The van der Waals surface area contributed by atoms with Crippen molar-refractivity contribution in [1.29, 1.82) is 0 Å². The number of aromatic nitrogens is 4. The maximum absolute atomic E-state index is 13.0. The fourth-order valence-corrected chi connectivity index (χ4v) is 7.80. The fourth-order valence-electron chi connectivity index (χ4n) is 7.80. The first-order valence-electron chi connectivity index (χ1n) is 11.4. The maximum Gasteiger partial charge on any atom is 0.157 e. The van der Waals surface area contributed by atoms with E-state index >= 15 is 0 Å². The molecule has 1 heterocycles. The number of fused-ring (bicyclic) bond motifs is 5. The van der Waals surface area contributed by atoms with E-state index in [0.29, 0.717) is 18.2 Å². The predicted octanol–water partition coefficient (Wildman–Crippen LogP) is 3.18. The summed E-state index contributed by atoms with van der Waals surface area (Å²) in [6, 6.07) is 0. The zero-order valence-electron chi connectivity index (χ0n) is 17.3. The van der Waals surface area contributed by atoms with E-state index < -0.39 is 5.60 Å². The van der Waals surface area contributed by atoms with Crippen LogP contribution in [0, 0.1) is 48.3 Å². The molecule has 5 rings (SSSR count). The van der Waals surface area contributed by atoms with Gasteiger partial charge in [-0.25, -0.2) is 4.68 Å². The first-order chi connectivity index (χ1) is 13.4. The van der Waals surface area contributed by atoms with Gasteiger partial charge >= 0.3 is 0 Å². The molecule has 4 fully saturated rings. The summed E-state index contributed by atoms with van der Waals surface area (Å²) in [6.07, 6.45) is 10.6. The molecule has 0 amide bonds. The van der Waals surface area contributed by atoms with Crippen LogP contribution in [0.3, 0.4) is 0 Å². The SMILES string of the molecule is Cc1nnnn1CC(=O)[C@H]1CC[C@H]2[C@@H]3CC[C@@H]4C[C@](C)(O)CC[C@@H]4[C@H]3CC[C@@H]21. The van der Waals surface area contributed by atoms with Crippen molar-refractivity contribution in [3.05, 3.63) is 5.82 Å². The molecule has 0 saturated heterocycles. The zero-order valence-corrected chi connectivity index (χ0v) is 17.3. The van der Waals surface area contributed by atoms with Crippen molar-refractivity contribution >= 4 is 5.78 Å². The first-order valence-corrected chi connectivity index (χ1v) is 11.4. The second-order valence-corrected chi connectivity index (χ2v) is 10.5. The Morgan fingerprint density at radius 3 is 2.50 bits per heavy atom. The van der Waals surface area contributed by atoms with E-state index in [-0.39, 0.29) is 5.92 Å². The Morgan fingerprint density at radius 1 is 1.04 bits per heavy atom. The Bertz CT molecular complexity index is 745. The van der Waals surface area contributed by atoms with E-state index in [0.717, 1.165) is 54.7 Å². The number of carbonyl (C=O) groups excluding carboxylic acids is 1. The molecule has 4 aliphatic rings. The van der Waals surface area contributed by atoms with Crippen molar-refractivity contribution in [1.82, 2.24) is 20.2 Å². The maximum atomic E-state index is 13.0. The van der Waals surface area contributed by atoms with E-state index in [1.807, 2.05) is 13.8 Å². The Labute approximate surface area is 167 Å². The molecular weight excluding hydrogens is 352 g/mol. The van der Waals surface area contributed by atoms with Crippen LogP contribution in [0.2, 0.25) is 0 Å². The molecule has 1 N–H and O–H groups in total. The third-order valence-electron chi connectivity index (χ3n) is 8.99. The Morgan fingerprint density at radius 2 is 1.71 bits per heavy atom. The molecule has 0 unspecified atom stereocenters. The smallest absolute Gasteiger partial charge is 0.157 e. The summed E-state index contributed by atoms with van der Waals surface area (Å²) in [5.74, 6) is 5.78. The van der Waals surface area contributed by atoms with Gasteiger partial charge in [0, 0.05) is 5.92 Å². The number of carbonyl (C=O) groups is 1. The molecule has 6 heteroatoms. The Hall–Kier alpha value is -1.30. The molecular formula is C22H34N4O2. The van der Waals surface area contributed by atoms with Crippen LogP contribution in [0.15, 0.2) is 0 Å². The fraction of sp³-hybridized carbons (Fsp3) is 0.909. The summed E-state index contributed by atoms with van der Waals surface area (Å²) in [7, 11) is 0. The van der Waals surface area contributed by atoms with Crippen LogP contribution >= 0.6 is 0 Å². The van der Waals surface area contributed by atoms with Gasteiger partial charge in [0.05, 0.1) is 5.60 Å². The van der Waals surface area contributed by atoms with Gasteiger partial charge in [-0.05, 0) is 118 Å². The summed E-state index contributed by atoms with van der Waals surface area (Å²) >= 11 is 0. The molecule has 8 atom stereocenters. The Balaban J connectivity index is 1.27. The molecule has 4 aliphatic carbocycles. The van der Waals surface area contributed by atoms with Gasteiger partial charge < -0.3 is 5.11 Å². The molecule has 0 spiro atoms. The van der Waals surface area contributed by atoms with Crippen molar-refractivity contribution < 1.29 is 9.90 Å². The molecule has 1 aromatic heterocycles. The summed E-state index contributed by atoms with van der Waals surface area (Å²) in [5.41, 5.74) is -0.440. The van der Waals surface area contributed by atoms with E-state index in [9.17, 15) is 9.90 Å². The minimum atomic E-state index is -0.440. The number of aryl methyl sites for hydroxylation is 1. The number of nitrogens with zero attached hydrogens (tertiary/aromatic N) is 4. The monoisotopic (exact) mass is 386 g/mol. The van der Waals surface area contributed by atoms with Gasteiger partial charge in [0.2, 0.25) is 0 Å². The zero-order chi connectivity index (χ0) is 19.5. The highest BCUT2D eigenvalue weighted by atomic mass is 16.3. The lowest BCUT2D eigenvalue weighted by atomic mass is 9.52. The van der Waals surface area contributed by atoms with Crippen LogP contribution in [-0.2, 0) is 11.3 Å². The van der Waals surface area contributed by atoms with Gasteiger partial charge in [-0.3, -0.25) is 4.79 Å². The second-order valence-electron chi connectivity index (χ2n) is 10.5. The lowest BCUT2D eigenvalue weighted by Gasteiger charge is -2.54. The molecule has 0 radical (unpaired) electrons. The van der Waals surface area contributed by atoms with Gasteiger partial charge in [-0.2, -0.15) is 0 Å². The van der Waals surface area contributed by atoms with Gasteiger partial charge in [-0.1, -0.05) is 0 Å². The number of tetrazole rings is 1. The molecule has 154 valence electrons. The minimum absolute atomic E-state index is 0.208. The van der Waals surface area contributed by atoms with Crippen molar-refractivity contribution in [3.8, 4) is 0 Å². The van der Waals surface area contributed by atoms with E-state index in [4.69, 9.17) is 0 Å². The van der Waals surface area contributed by atoms with Gasteiger partial charge in [0.1, 0.15) is 12.4 Å². The first kappa shape index (κ1) is 18.7. The molecule has 0 bridgehead atoms. The number of hydrogen-bond acceptors (Lipinski definition) is 5. The second kappa shape index (κ2) is 6.89. The van der Waals surface area contributed by atoms with Gasteiger partial charge in [0.25, 0.3) is 0 Å². The van der Waals surface area contributed by atoms with Crippen LogP contribution < -0.4 is 0 Å². The van der Waals surface area contributed by atoms with Crippen molar-refractivity contribution in [2.75, 3.05) is 0 Å². The van der Waals surface area contributed by atoms with Crippen LogP contribution in [0.1, 0.15) is 70.5 Å². The molecule has 1 aromatic rings. The van der Waals surface area contributed by atoms with Gasteiger partial charge in [-0.15, -0.1) is 5.10 Å². The topological polar surface area (TPSA) is 80.9 Å². The molecule has 0 aliphatic heterocycles. The number of aliphatic hydroxyl groups is 1. The van der Waals surface area contributed by atoms with E-state index in [2.05, 4.69) is 15.5 Å². The van der Waals surface area contributed by atoms with Crippen LogP contribution in [-0.4, -0.2) is 36.7 Å². The summed E-state index contributed by atoms with van der Waals surface area (Å²) in [6.45, 7) is 4.22. The normalized spacial score (nSPS) is 45.2. The number of Topliss-reactive ketones (excluding diaryl/α,β-unsaturated/α-hetero) is 1. The van der Waals surface area contributed by atoms with E-state index in [1.165, 1.54) is 38.5 Å². The number of hydrogen-bond donors (Lipinski definition) is 1. The third-order valence-corrected chi connectivity index (χ3v) is 8.99. The third kappa shape index (κ3) is 3.12. The molecule has 6 nitrogen and oxygen atoms in total. The van der Waals surface area contributed by atoms with Crippen LogP contribution in [0.25, 0.3) is 0 Å². The highest BCUT2D eigenvalue weighted by molar-refractivity contribution is 5.81. The number of ketones is 1. The Kier molecular flexibility index (Phi) is 4.61. The lowest BCUT2D eigenvalue weighted by molar-refractivity contribution is -0.127. The van der Waals surface area contributed by atoms with Crippen LogP contribution in [0.5, 0.6) is 0 Å². The highest BCUT2D eigenvalue weighted by Gasteiger charge is 2.53. The summed E-state index contributed by atoms with van der Waals surface area (Å²) in [4.78, 5) is 13.0. The van der Waals surface area contributed by atoms with Crippen LogP contribution in [0.4, 0.5) is 0 Å². The van der Waals surface area contributed by atoms with E-state index in [1.54, 1.807) is 4.68 Å². The largest absolute Gasteiger partial charge is 0.390 e. The standard InChI is InChI=1S/C22H34N4O2/c1-13-23-24-25-26(13)12-21(27)20-8-7-18-17-4-3-14-11-22(2,28)10-9-15(14)16(17)5-6-19(18)20/h14-20,28H,3-12H2,1-2H3/t14-,15+,16-,17-,18+,19+,20+,22-/m1/s1. The highest BCUT2D eigenvalue weighted by Crippen LogP contribution is 2.59. The van der Waals surface area contributed by atoms with Crippen molar-refractivity contribution in [2.45, 2.75) is 83.8 Å². The van der Waals surface area contributed by atoms with Crippen molar-refractivity contribution in [3.63, 3.8) is 0 Å². The molecule has 4 saturated carbocycles. The predicted molar refractivity (Wildman–Crippen MR) is 104 cm³/mol. The minimum Gasteiger partial charge on any atom is -0.390 e. The van der Waals surface area contributed by atoms with Gasteiger partial charge in [0.15, 0.2) is 5.78 Å². The summed E-state index contributed by atoms with van der Waals surface area (Å²) < 4.78 is 1.65. The number of rotatable bonds is 3. The van der Waals surface area contributed by atoms with Crippen molar-refractivity contribution in [2.24, 2.45) is 41.4 Å². The average molecular weight is 387 g/mol. The quantitative estimate of drug-likeness (QED) is 0.863. The average Bonchev–Trinajstić information content (AvgIpc) is 3.26. The lowest BCUT2D eigenvalue weighted by Crippen LogP contribution is -2.48.